The first-order valence-electron chi connectivity index (χ1n) is 4.93. The largest absolute Gasteiger partial charge is 0.308 e. The van der Waals surface area contributed by atoms with E-state index in [0.29, 0.717) is 0 Å². The Balaban J connectivity index is 0.00000128. The molecular weight excluding hydrogens is 261 g/mol. The summed E-state index contributed by atoms with van der Waals surface area (Å²) in [5.41, 5.74) is 1.26. The Morgan fingerprint density at radius 2 is 2.00 bits per heavy atom. The third-order valence-electron chi connectivity index (χ3n) is 2.37. The molecule has 2 aromatic rings. The van der Waals surface area contributed by atoms with E-state index in [1.807, 2.05) is 14.1 Å². The SMILES string of the molecule is CN(C)CC(Cl)c1csc2ccccc12.Cl. The fraction of sp³-hybridized carbons (Fsp3) is 0.333. The van der Waals surface area contributed by atoms with Crippen molar-refractivity contribution in [1.29, 1.82) is 0 Å². The van der Waals surface area contributed by atoms with E-state index in [2.05, 4.69) is 34.5 Å². The topological polar surface area (TPSA) is 3.24 Å². The highest BCUT2D eigenvalue weighted by Gasteiger charge is 2.13. The maximum atomic E-state index is 6.39. The van der Waals surface area contributed by atoms with Crippen molar-refractivity contribution in [2.24, 2.45) is 0 Å². The molecule has 0 radical (unpaired) electrons. The van der Waals surface area contributed by atoms with Crippen molar-refractivity contribution in [1.82, 2.24) is 4.90 Å². The number of likely N-dealkylation sites (N-methyl/N-ethyl adjacent to an activating group) is 1. The Kier molecular flexibility index (Phi) is 5.06. The van der Waals surface area contributed by atoms with E-state index in [4.69, 9.17) is 11.6 Å². The zero-order chi connectivity index (χ0) is 10.8. The van der Waals surface area contributed by atoms with Crippen LogP contribution in [0.4, 0.5) is 0 Å². The van der Waals surface area contributed by atoms with Gasteiger partial charge in [0.25, 0.3) is 0 Å². The minimum Gasteiger partial charge on any atom is -0.308 e. The second-order valence-electron chi connectivity index (χ2n) is 3.92. The van der Waals surface area contributed by atoms with E-state index in [1.54, 1.807) is 11.3 Å². The van der Waals surface area contributed by atoms with Crippen LogP contribution in [0.5, 0.6) is 0 Å². The van der Waals surface area contributed by atoms with Gasteiger partial charge in [-0.1, -0.05) is 18.2 Å². The van der Waals surface area contributed by atoms with Crippen LogP contribution in [-0.2, 0) is 0 Å². The standard InChI is InChI=1S/C12H14ClNS.ClH/c1-14(2)7-11(13)10-8-15-12-6-4-3-5-9(10)12;/h3-6,8,11H,7H2,1-2H3;1H. The van der Waals surface area contributed by atoms with Crippen molar-refractivity contribution in [3.63, 3.8) is 0 Å². The summed E-state index contributed by atoms with van der Waals surface area (Å²) >= 11 is 8.15. The minimum atomic E-state index is 0. The third kappa shape index (κ3) is 2.89. The van der Waals surface area contributed by atoms with Gasteiger partial charge in [0.2, 0.25) is 0 Å². The minimum absolute atomic E-state index is 0. The first kappa shape index (κ1) is 13.8. The van der Waals surface area contributed by atoms with Gasteiger partial charge < -0.3 is 4.90 Å². The van der Waals surface area contributed by atoms with E-state index >= 15 is 0 Å². The van der Waals surface area contributed by atoms with Crippen LogP contribution in [0.2, 0.25) is 0 Å². The molecule has 0 N–H and O–H groups in total. The maximum Gasteiger partial charge on any atom is 0.0726 e. The predicted octanol–water partition coefficient (Wildman–Crippen LogP) is 4.16. The van der Waals surface area contributed by atoms with E-state index in [0.717, 1.165) is 6.54 Å². The van der Waals surface area contributed by atoms with Crippen LogP contribution >= 0.6 is 35.3 Å². The molecule has 4 heteroatoms. The summed E-state index contributed by atoms with van der Waals surface area (Å²) in [5, 5.41) is 3.55. The molecule has 0 amide bonds. The van der Waals surface area contributed by atoms with Crippen LogP contribution in [0.1, 0.15) is 10.9 Å². The van der Waals surface area contributed by atoms with Gasteiger partial charge in [0.05, 0.1) is 5.38 Å². The molecule has 0 spiro atoms. The second kappa shape index (κ2) is 5.87. The van der Waals surface area contributed by atoms with E-state index in [9.17, 15) is 0 Å². The van der Waals surface area contributed by atoms with Crippen LogP contribution in [-0.4, -0.2) is 25.5 Å². The molecule has 0 aliphatic heterocycles. The van der Waals surface area contributed by atoms with Crippen molar-refractivity contribution < 1.29 is 0 Å². The molecule has 1 aromatic carbocycles. The van der Waals surface area contributed by atoms with Crippen LogP contribution in [0.25, 0.3) is 10.1 Å². The fourth-order valence-corrected chi connectivity index (χ4v) is 3.21. The first-order chi connectivity index (χ1) is 7.18. The molecule has 16 heavy (non-hydrogen) atoms. The van der Waals surface area contributed by atoms with Gasteiger partial charge >= 0.3 is 0 Å². The molecule has 0 aliphatic rings. The summed E-state index contributed by atoms with van der Waals surface area (Å²) in [5.74, 6) is 0. The average molecular weight is 276 g/mol. The highest BCUT2D eigenvalue weighted by Crippen LogP contribution is 2.33. The number of halogens is 2. The van der Waals surface area contributed by atoms with Crippen molar-refractivity contribution in [2.45, 2.75) is 5.38 Å². The molecule has 1 unspecified atom stereocenters. The number of hydrogen-bond donors (Lipinski definition) is 0. The molecule has 1 nitrogen and oxygen atoms in total. The van der Waals surface area contributed by atoms with Gasteiger partial charge in [-0.3, -0.25) is 0 Å². The zero-order valence-corrected chi connectivity index (χ0v) is 11.7. The lowest BCUT2D eigenvalue weighted by Crippen LogP contribution is -2.16. The molecule has 0 saturated carbocycles. The molecule has 2 rings (SSSR count). The Bertz CT molecular complexity index is 453. The van der Waals surface area contributed by atoms with Gasteiger partial charge in [0, 0.05) is 11.2 Å². The van der Waals surface area contributed by atoms with E-state index < -0.39 is 0 Å². The Labute approximate surface area is 111 Å². The van der Waals surface area contributed by atoms with Crippen molar-refractivity contribution in [3.8, 4) is 0 Å². The number of rotatable bonds is 3. The summed E-state index contributed by atoms with van der Waals surface area (Å²) in [6.45, 7) is 0.877. The summed E-state index contributed by atoms with van der Waals surface area (Å²) < 4.78 is 1.32. The Morgan fingerprint density at radius 1 is 1.31 bits per heavy atom. The van der Waals surface area contributed by atoms with Crippen LogP contribution in [0.3, 0.4) is 0 Å². The number of nitrogens with zero attached hydrogens (tertiary/aromatic N) is 1. The number of thiophene rings is 1. The van der Waals surface area contributed by atoms with Gasteiger partial charge in [0.1, 0.15) is 0 Å². The number of fused-ring (bicyclic) bond motifs is 1. The Morgan fingerprint density at radius 3 is 2.69 bits per heavy atom. The highest BCUT2D eigenvalue weighted by molar-refractivity contribution is 7.17. The molecule has 0 aliphatic carbocycles. The first-order valence-corrected chi connectivity index (χ1v) is 6.25. The molecule has 1 heterocycles. The fourth-order valence-electron chi connectivity index (χ4n) is 1.66. The summed E-state index contributed by atoms with van der Waals surface area (Å²) in [7, 11) is 4.09. The van der Waals surface area contributed by atoms with Crippen LogP contribution < -0.4 is 0 Å². The van der Waals surface area contributed by atoms with Crippen molar-refractivity contribution >= 4 is 45.4 Å². The summed E-state index contributed by atoms with van der Waals surface area (Å²) in [6.07, 6.45) is 0. The van der Waals surface area contributed by atoms with Gasteiger partial charge in [-0.2, -0.15) is 0 Å². The summed E-state index contributed by atoms with van der Waals surface area (Å²) in [6, 6.07) is 8.42. The molecular formula is C12H15Cl2NS. The predicted molar refractivity (Wildman–Crippen MR) is 76.2 cm³/mol. The lowest BCUT2D eigenvalue weighted by Gasteiger charge is -2.14. The molecule has 0 saturated heterocycles. The van der Waals surface area contributed by atoms with Crippen molar-refractivity contribution in [3.05, 3.63) is 35.2 Å². The monoisotopic (exact) mass is 275 g/mol. The lowest BCUT2D eigenvalue weighted by molar-refractivity contribution is 0.408. The quantitative estimate of drug-likeness (QED) is 0.761. The number of hydrogen-bond acceptors (Lipinski definition) is 2. The van der Waals surface area contributed by atoms with Crippen LogP contribution in [0, 0.1) is 0 Å². The third-order valence-corrected chi connectivity index (χ3v) is 3.73. The number of alkyl halides is 1. The Hall–Kier alpha value is -0.280. The molecule has 1 aromatic heterocycles. The lowest BCUT2D eigenvalue weighted by atomic mass is 10.1. The van der Waals surface area contributed by atoms with Crippen molar-refractivity contribution in [2.75, 3.05) is 20.6 Å². The van der Waals surface area contributed by atoms with E-state index in [1.165, 1.54) is 15.6 Å². The average Bonchev–Trinajstić information content (AvgIpc) is 2.59. The second-order valence-corrected chi connectivity index (χ2v) is 5.36. The van der Waals surface area contributed by atoms with Gasteiger partial charge in [-0.15, -0.1) is 35.3 Å². The maximum absolute atomic E-state index is 6.39. The smallest absolute Gasteiger partial charge is 0.0726 e. The van der Waals surface area contributed by atoms with Crippen LogP contribution in [0.15, 0.2) is 29.6 Å². The molecule has 0 bridgehead atoms. The molecule has 0 fully saturated rings. The number of benzene rings is 1. The van der Waals surface area contributed by atoms with Gasteiger partial charge in [0.15, 0.2) is 0 Å². The zero-order valence-electron chi connectivity index (χ0n) is 9.31. The normalized spacial score (nSPS) is 12.8. The molecule has 1 atom stereocenters. The summed E-state index contributed by atoms with van der Waals surface area (Å²) in [4.78, 5) is 2.12. The van der Waals surface area contributed by atoms with E-state index in [-0.39, 0.29) is 17.8 Å². The van der Waals surface area contributed by atoms with Gasteiger partial charge in [-0.05, 0) is 36.5 Å². The van der Waals surface area contributed by atoms with Gasteiger partial charge in [-0.25, -0.2) is 0 Å². The highest BCUT2D eigenvalue weighted by atomic mass is 35.5. The molecule has 88 valence electrons.